The molecule has 2 rings (SSSR count). The maximum absolute atomic E-state index is 4.48. The van der Waals surface area contributed by atoms with Gasteiger partial charge in [-0.3, -0.25) is 9.97 Å². The van der Waals surface area contributed by atoms with E-state index in [1.807, 2.05) is 19.3 Å². The number of nitrogens with zero attached hydrogens (tertiary/aromatic N) is 2. The van der Waals surface area contributed by atoms with Crippen molar-refractivity contribution in [2.75, 3.05) is 6.54 Å². The summed E-state index contributed by atoms with van der Waals surface area (Å²) < 4.78 is 0. The first-order chi connectivity index (χ1) is 7.79. The van der Waals surface area contributed by atoms with Gasteiger partial charge in [-0.1, -0.05) is 26.2 Å². The summed E-state index contributed by atoms with van der Waals surface area (Å²) >= 11 is 0. The zero-order valence-electron chi connectivity index (χ0n) is 10.2. The quantitative estimate of drug-likeness (QED) is 0.827. The monoisotopic (exact) mass is 219 g/mol. The summed E-state index contributed by atoms with van der Waals surface area (Å²) in [4.78, 5) is 8.81. The van der Waals surface area contributed by atoms with Crippen LogP contribution in [0.25, 0.3) is 0 Å². The molecule has 0 amide bonds. The van der Waals surface area contributed by atoms with Gasteiger partial charge in [-0.15, -0.1) is 0 Å². The van der Waals surface area contributed by atoms with Crippen molar-refractivity contribution in [3.05, 3.63) is 23.8 Å². The molecule has 1 heterocycles. The lowest BCUT2D eigenvalue weighted by atomic mass is 9.80. The molecular formula is C13H21N3. The molecule has 1 aliphatic rings. The van der Waals surface area contributed by atoms with E-state index in [2.05, 4.69) is 22.2 Å². The molecule has 1 saturated carbocycles. The van der Waals surface area contributed by atoms with Crippen LogP contribution in [-0.2, 0) is 0 Å². The van der Waals surface area contributed by atoms with Crippen molar-refractivity contribution >= 4 is 0 Å². The third-order valence-electron chi connectivity index (χ3n) is 3.40. The van der Waals surface area contributed by atoms with Crippen LogP contribution in [0.3, 0.4) is 0 Å². The standard InChI is InChI=1S/C13H21N3/c1-3-14-12(7-11-5-4-6-11)13-9-15-10(2)8-16-13/h8-9,11-12,14H,3-7H2,1-2H3. The summed E-state index contributed by atoms with van der Waals surface area (Å²) in [5.41, 5.74) is 2.09. The van der Waals surface area contributed by atoms with Crippen LogP contribution in [0.15, 0.2) is 12.4 Å². The van der Waals surface area contributed by atoms with Crippen LogP contribution in [0, 0.1) is 12.8 Å². The predicted molar refractivity (Wildman–Crippen MR) is 65.1 cm³/mol. The first kappa shape index (κ1) is 11.5. The van der Waals surface area contributed by atoms with E-state index in [1.165, 1.54) is 25.7 Å². The van der Waals surface area contributed by atoms with Crippen molar-refractivity contribution in [1.29, 1.82) is 0 Å². The lowest BCUT2D eigenvalue weighted by Crippen LogP contribution is -2.26. The second-order valence-electron chi connectivity index (χ2n) is 4.73. The normalized spacial score (nSPS) is 18.1. The average molecular weight is 219 g/mol. The summed E-state index contributed by atoms with van der Waals surface area (Å²) in [6.45, 7) is 5.12. The predicted octanol–water partition coefficient (Wildman–Crippen LogP) is 2.63. The summed E-state index contributed by atoms with van der Waals surface area (Å²) in [7, 11) is 0. The van der Waals surface area contributed by atoms with Crippen molar-refractivity contribution < 1.29 is 0 Å². The highest BCUT2D eigenvalue weighted by atomic mass is 14.9. The fraction of sp³-hybridized carbons (Fsp3) is 0.692. The van der Waals surface area contributed by atoms with Crippen molar-refractivity contribution in [1.82, 2.24) is 15.3 Å². The molecule has 0 spiro atoms. The van der Waals surface area contributed by atoms with Gasteiger partial charge < -0.3 is 5.32 Å². The van der Waals surface area contributed by atoms with E-state index in [4.69, 9.17) is 0 Å². The molecule has 88 valence electrons. The van der Waals surface area contributed by atoms with E-state index >= 15 is 0 Å². The van der Waals surface area contributed by atoms with Crippen LogP contribution >= 0.6 is 0 Å². The van der Waals surface area contributed by atoms with Crippen LogP contribution in [0.5, 0.6) is 0 Å². The average Bonchev–Trinajstić information content (AvgIpc) is 2.23. The molecule has 0 aromatic carbocycles. The Morgan fingerprint density at radius 1 is 1.38 bits per heavy atom. The number of hydrogen-bond donors (Lipinski definition) is 1. The number of aromatic nitrogens is 2. The smallest absolute Gasteiger partial charge is 0.0756 e. The summed E-state index contributed by atoms with van der Waals surface area (Å²) in [6, 6.07) is 0.392. The van der Waals surface area contributed by atoms with Crippen LogP contribution in [0.2, 0.25) is 0 Å². The maximum atomic E-state index is 4.48. The van der Waals surface area contributed by atoms with Gasteiger partial charge in [-0.2, -0.15) is 0 Å². The van der Waals surface area contributed by atoms with E-state index in [0.29, 0.717) is 6.04 Å². The Balaban J connectivity index is 2.01. The van der Waals surface area contributed by atoms with Gasteiger partial charge in [-0.25, -0.2) is 0 Å². The third kappa shape index (κ3) is 2.79. The van der Waals surface area contributed by atoms with Gasteiger partial charge in [0.25, 0.3) is 0 Å². The molecule has 0 aliphatic heterocycles. The zero-order valence-corrected chi connectivity index (χ0v) is 10.2. The first-order valence-electron chi connectivity index (χ1n) is 6.31. The van der Waals surface area contributed by atoms with Crippen molar-refractivity contribution in [3.63, 3.8) is 0 Å². The topological polar surface area (TPSA) is 37.8 Å². The van der Waals surface area contributed by atoms with Crippen LogP contribution in [0.4, 0.5) is 0 Å². The Labute approximate surface area is 97.7 Å². The molecule has 1 fully saturated rings. The Morgan fingerprint density at radius 3 is 2.69 bits per heavy atom. The Kier molecular flexibility index (Phi) is 3.88. The van der Waals surface area contributed by atoms with E-state index in [1.54, 1.807) is 0 Å². The summed E-state index contributed by atoms with van der Waals surface area (Å²) in [6.07, 6.45) is 9.18. The van der Waals surface area contributed by atoms with Gasteiger partial charge in [0.2, 0.25) is 0 Å². The van der Waals surface area contributed by atoms with Crippen molar-refractivity contribution in [2.24, 2.45) is 5.92 Å². The zero-order chi connectivity index (χ0) is 11.4. The molecule has 1 unspecified atom stereocenters. The minimum atomic E-state index is 0.392. The first-order valence-corrected chi connectivity index (χ1v) is 6.31. The third-order valence-corrected chi connectivity index (χ3v) is 3.40. The summed E-state index contributed by atoms with van der Waals surface area (Å²) in [5.74, 6) is 0.896. The van der Waals surface area contributed by atoms with Crippen LogP contribution < -0.4 is 5.32 Å². The molecule has 0 saturated heterocycles. The highest BCUT2D eigenvalue weighted by Crippen LogP contribution is 2.34. The van der Waals surface area contributed by atoms with Gasteiger partial charge in [-0.05, 0) is 25.8 Å². The molecule has 3 heteroatoms. The van der Waals surface area contributed by atoms with E-state index in [-0.39, 0.29) is 0 Å². The SMILES string of the molecule is CCNC(CC1CCC1)c1cnc(C)cn1. The van der Waals surface area contributed by atoms with Gasteiger partial charge in [0.15, 0.2) is 0 Å². The molecule has 1 N–H and O–H groups in total. The maximum Gasteiger partial charge on any atom is 0.0756 e. The van der Waals surface area contributed by atoms with Crippen molar-refractivity contribution in [3.8, 4) is 0 Å². The van der Waals surface area contributed by atoms with E-state index in [0.717, 1.165) is 23.9 Å². The van der Waals surface area contributed by atoms with Gasteiger partial charge in [0.05, 0.1) is 23.6 Å². The second kappa shape index (κ2) is 5.39. The Hall–Kier alpha value is -0.960. The lowest BCUT2D eigenvalue weighted by Gasteiger charge is -2.29. The molecule has 1 aromatic rings. The van der Waals surface area contributed by atoms with Crippen molar-refractivity contribution in [2.45, 2.75) is 45.6 Å². The molecule has 1 aliphatic carbocycles. The highest BCUT2D eigenvalue weighted by Gasteiger charge is 2.23. The van der Waals surface area contributed by atoms with Gasteiger partial charge >= 0.3 is 0 Å². The lowest BCUT2D eigenvalue weighted by molar-refractivity contribution is 0.260. The van der Waals surface area contributed by atoms with Crippen LogP contribution in [-0.4, -0.2) is 16.5 Å². The largest absolute Gasteiger partial charge is 0.309 e. The number of hydrogen-bond acceptors (Lipinski definition) is 3. The van der Waals surface area contributed by atoms with E-state index in [9.17, 15) is 0 Å². The molecule has 0 bridgehead atoms. The molecule has 3 nitrogen and oxygen atoms in total. The highest BCUT2D eigenvalue weighted by molar-refractivity contribution is 5.06. The number of nitrogens with one attached hydrogen (secondary N) is 1. The fourth-order valence-electron chi connectivity index (χ4n) is 2.20. The Morgan fingerprint density at radius 2 is 2.19 bits per heavy atom. The van der Waals surface area contributed by atoms with Gasteiger partial charge in [0.1, 0.15) is 0 Å². The van der Waals surface area contributed by atoms with Gasteiger partial charge in [0, 0.05) is 6.20 Å². The minimum absolute atomic E-state index is 0.392. The summed E-state index contributed by atoms with van der Waals surface area (Å²) in [5, 5.41) is 3.51. The van der Waals surface area contributed by atoms with Crippen LogP contribution in [0.1, 0.15) is 50.0 Å². The molecule has 1 aromatic heterocycles. The van der Waals surface area contributed by atoms with E-state index < -0.39 is 0 Å². The Bertz CT molecular complexity index is 316. The fourth-order valence-corrected chi connectivity index (χ4v) is 2.20. The number of aryl methyl sites for hydroxylation is 1. The second-order valence-corrected chi connectivity index (χ2v) is 4.73. The minimum Gasteiger partial charge on any atom is -0.309 e. The number of rotatable bonds is 5. The molecule has 1 atom stereocenters. The molecule has 0 radical (unpaired) electrons. The molecule has 16 heavy (non-hydrogen) atoms. The molecular weight excluding hydrogens is 198 g/mol.